The average molecular weight is 283 g/mol. The maximum atomic E-state index is 10.7. The fourth-order valence-electron chi connectivity index (χ4n) is 2.39. The van der Waals surface area contributed by atoms with Crippen molar-refractivity contribution in [3.05, 3.63) is 88.0 Å². The molecule has 108 valence electrons. The largest absolute Gasteiger partial charge is 0.387 e. The van der Waals surface area contributed by atoms with Crippen molar-refractivity contribution in [1.82, 2.24) is 0 Å². The third-order valence-corrected chi connectivity index (χ3v) is 3.59. The highest BCUT2D eigenvalue weighted by atomic mass is 16.6. The lowest BCUT2D eigenvalue weighted by Gasteiger charge is -2.22. The second kappa shape index (κ2) is 6.33. The molecule has 2 aromatic carbocycles. The first-order chi connectivity index (χ1) is 10.0. The zero-order chi connectivity index (χ0) is 15.4. The Bertz CT molecular complexity index is 649. The lowest BCUT2D eigenvalue weighted by atomic mass is 9.87. The van der Waals surface area contributed by atoms with Gasteiger partial charge >= 0.3 is 0 Å². The van der Waals surface area contributed by atoms with Crippen LogP contribution in [0.2, 0.25) is 0 Å². The van der Waals surface area contributed by atoms with E-state index in [1.807, 2.05) is 31.2 Å². The highest BCUT2D eigenvalue weighted by Crippen LogP contribution is 2.34. The van der Waals surface area contributed by atoms with Gasteiger partial charge in [0.05, 0.1) is 11.0 Å². The van der Waals surface area contributed by atoms with Crippen LogP contribution in [-0.4, -0.2) is 10.0 Å². The lowest BCUT2D eigenvalue weighted by Crippen LogP contribution is -2.10. The molecule has 0 amide bonds. The number of hydrogen-bond donors (Lipinski definition) is 1. The first-order valence-electron chi connectivity index (χ1n) is 6.65. The standard InChI is InChI=1S/C17H17NO3/c1-3-15(16-7-5-4-6-12(16)2)17(19)13-8-10-14(11-9-13)18(20)21/h3-11,15,17,19H,1H2,2H3/t15-,17-/m0/s1. The average Bonchev–Trinajstić information content (AvgIpc) is 2.50. The van der Waals surface area contributed by atoms with E-state index in [-0.39, 0.29) is 11.6 Å². The highest BCUT2D eigenvalue weighted by Gasteiger charge is 2.21. The molecular formula is C17H17NO3. The van der Waals surface area contributed by atoms with Crippen LogP contribution in [0.15, 0.2) is 61.2 Å². The molecule has 0 bridgehead atoms. The number of non-ortho nitro benzene ring substituents is 1. The maximum Gasteiger partial charge on any atom is 0.269 e. The minimum atomic E-state index is -0.788. The summed E-state index contributed by atoms with van der Waals surface area (Å²) < 4.78 is 0. The molecule has 2 aromatic rings. The summed E-state index contributed by atoms with van der Waals surface area (Å²) in [7, 11) is 0. The Labute approximate surface area is 123 Å². The van der Waals surface area contributed by atoms with E-state index >= 15 is 0 Å². The van der Waals surface area contributed by atoms with Crippen molar-refractivity contribution in [3.63, 3.8) is 0 Å². The monoisotopic (exact) mass is 283 g/mol. The third-order valence-electron chi connectivity index (χ3n) is 3.59. The minimum absolute atomic E-state index is 0.0111. The molecule has 1 N–H and O–H groups in total. The highest BCUT2D eigenvalue weighted by molar-refractivity contribution is 5.38. The van der Waals surface area contributed by atoms with Crippen LogP contribution in [0.1, 0.15) is 28.7 Å². The summed E-state index contributed by atoms with van der Waals surface area (Å²) >= 11 is 0. The molecule has 0 fully saturated rings. The van der Waals surface area contributed by atoms with E-state index in [0.29, 0.717) is 5.56 Å². The van der Waals surface area contributed by atoms with Crippen molar-refractivity contribution < 1.29 is 10.0 Å². The number of aliphatic hydroxyl groups excluding tert-OH is 1. The Morgan fingerprint density at radius 2 is 1.81 bits per heavy atom. The summed E-state index contributed by atoms with van der Waals surface area (Å²) in [6, 6.07) is 13.8. The van der Waals surface area contributed by atoms with Crippen molar-refractivity contribution in [3.8, 4) is 0 Å². The van der Waals surface area contributed by atoms with Gasteiger partial charge in [-0.05, 0) is 35.7 Å². The van der Waals surface area contributed by atoms with Gasteiger partial charge in [-0.2, -0.15) is 0 Å². The quantitative estimate of drug-likeness (QED) is 0.514. The van der Waals surface area contributed by atoms with Crippen LogP contribution in [0.5, 0.6) is 0 Å². The Morgan fingerprint density at radius 1 is 1.19 bits per heavy atom. The van der Waals surface area contributed by atoms with Gasteiger partial charge in [-0.1, -0.05) is 30.3 Å². The molecule has 0 saturated carbocycles. The maximum absolute atomic E-state index is 10.7. The molecule has 2 rings (SSSR count). The van der Waals surface area contributed by atoms with E-state index in [4.69, 9.17) is 0 Å². The van der Waals surface area contributed by atoms with Gasteiger partial charge in [0.1, 0.15) is 0 Å². The number of nitro benzene ring substituents is 1. The van der Waals surface area contributed by atoms with E-state index in [2.05, 4.69) is 6.58 Å². The van der Waals surface area contributed by atoms with Crippen molar-refractivity contribution in [1.29, 1.82) is 0 Å². The smallest absolute Gasteiger partial charge is 0.269 e. The molecule has 0 spiro atoms. The Balaban J connectivity index is 2.32. The van der Waals surface area contributed by atoms with Crippen molar-refractivity contribution in [2.24, 2.45) is 0 Å². The van der Waals surface area contributed by atoms with Gasteiger partial charge in [0, 0.05) is 18.1 Å². The number of aliphatic hydroxyl groups is 1. The van der Waals surface area contributed by atoms with Crippen LogP contribution >= 0.6 is 0 Å². The number of benzene rings is 2. The Morgan fingerprint density at radius 3 is 2.33 bits per heavy atom. The normalized spacial score (nSPS) is 13.4. The van der Waals surface area contributed by atoms with E-state index < -0.39 is 11.0 Å². The van der Waals surface area contributed by atoms with Crippen LogP contribution in [-0.2, 0) is 0 Å². The molecule has 4 heteroatoms. The SMILES string of the molecule is C=C[C@@H](c1ccccc1C)[C@@H](O)c1ccc([N+](=O)[O-])cc1. The van der Waals surface area contributed by atoms with Crippen LogP contribution < -0.4 is 0 Å². The predicted molar refractivity (Wildman–Crippen MR) is 82.2 cm³/mol. The van der Waals surface area contributed by atoms with E-state index in [9.17, 15) is 15.2 Å². The molecule has 0 aliphatic heterocycles. The van der Waals surface area contributed by atoms with Crippen molar-refractivity contribution in [2.75, 3.05) is 0 Å². The molecule has 0 saturated heterocycles. The summed E-state index contributed by atoms with van der Waals surface area (Å²) in [4.78, 5) is 10.2. The van der Waals surface area contributed by atoms with Crippen LogP contribution in [0, 0.1) is 17.0 Å². The van der Waals surface area contributed by atoms with E-state index in [1.54, 1.807) is 18.2 Å². The molecular weight excluding hydrogens is 266 g/mol. The van der Waals surface area contributed by atoms with Gasteiger partial charge in [-0.3, -0.25) is 10.1 Å². The molecule has 0 aromatic heterocycles. The lowest BCUT2D eigenvalue weighted by molar-refractivity contribution is -0.384. The number of hydrogen-bond acceptors (Lipinski definition) is 3. The fourth-order valence-corrected chi connectivity index (χ4v) is 2.39. The van der Waals surface area contributed by atoms with Gasteiger partial charge < -0.3 is 5.11 Å². The molecule has 0 radical (unpaired) electrons. The van der Waals surface area contributed by atoms with Crippen LogP contribution in [0.4, 0.5) is 5.69 Å². The van der Waals surface area contributed by atoms with Crippen LogP contribution in [0.3, 0.4) is 0 Å². The van der Waals surface area contributed by atoms with Gasteiger partial charge in [-0.25, -0.2) is 0 Å². The first-order valence-corrected chi connectivity index (χ1v) is 6.65. The summed E-state index contributed by atoms with van der Waals surface area (Å²) in [5.74, 6) is -0.257. The minimum Gasteiger partial charge on any atom is -0.387 e. The summed E-state index contributed by atoms with van der Waals surface area (Å²) in [6.07, 6.45) is 0.915. The van der Waals surface area contributed by atoms with Gasteiger partial charge in [-0.15, -0.1) is 6.58 Å². The third kappa shape index (κ3) is 3.17. The summed E-state index contributed by atoms with van der Waals surface area (Å²) in [5, 5.41) is 21.2. The van der Waals surface area contributed by atoms with Gasteiger partial charge in [0.2, 0.25) is 0 Å². The molecule has 4 nitrogen and oxygen atoms in total. The molecule has 0 unspecified atom stereocenters. The zero-order valence-corrected chi connectivity index (χ0v) is 11.8. The van der Waals surface area contributed by atoms with Crippen molar-refractivity contribution >= 4 is 5.69 Å². The number of aryl methyl sites for hydroxylation is 1. The summed E-state index contributed by atoms with van der Waals surface area (Å²) in [5.41, 5.74) is 2.72. The summed E-state index contributed by atoms with van der Waals surface area (Å²) in [6.45, 7) is 5.78. The number of nitrogens with zero attached hydrogens (tertiary/aromatic N) is 1. The molecule has 0 aliphatic carbocycles. The number of nitro groups is 1. The number of rotatable bonds is 5. The molecule has 2 atom stereocenters. The first kappa shape index (κ1) is 14.9. The molecule has 0 aliphatic rings. The van der Waals surface area contributed by atoms with E-state index in [0.717, 1.165) is 11.1 Å². The second-order valence-electron chi connectivity index (χ2n) is 4.91. The Hall–Kier alpha value is -2.46. The predicted octanol–water partition coefficient (Wildman–Crippen LogP) is 3.91. The molecule has 0 heterocycles. The van der Waals surface area contributed by atoms with Gasteiger partial charge in [0.25, 0.3) is 5.69 Å². The van der Waals surface area contributed by atoms with Crippen molar-refractivity contribution in [2.45, 2.75) is 18.9 Å². The topological polar surface area (TPSA) is 63.4 Å². The second-order valence-corrected chi connectivity index (χ2v) is 4.91. The zero-order valence-electron chi connectivity index (χ0n) is 11.8. The molecule has 21 heavy (non-hydrogen) atoms. The van der Waals surface area contributed by atoms with Gasteiger partial charge in [0.15, 0.2) is 0 Å². The fraction of sp³-hybridized carbons (Fsp3) is 0.176. The van der Waals surface area contributed by atoms with E-state index in [1.165, 1.54) is 12.1 Å². The Kier molecular flexibility index (Phi) is 4.50. The van der Waals surface area contributed by atoms with Crippen LogP contribution in [0.25, 0.3) is 0 Å².